The highest BCUT2D eigenvalue weighted by atomic mass is 127. The van der Waals surface area contributed by atoms with Gasteiger partial charge >= 0.3 is 5.97 Å². The summed E-state index contributed by atoms with van der Waals surface area (Å²) in [6.07, 6.45) is 1.85. The Balaban J connectivity index is 0.00000243. The zero-order chi connectivity index (χ0) is 17.9. The Kier molecular flexibility index (Phi) is 7.50. The number of hydrogen-bond donors (Lipinski definition) is 0. The standard InChI is InChI=1S/C21H25ClNO2.HI/c1-23(2)14-12-19(13-15-23)25-21(24)20(16-6-4-3-5-7-16)17-8-10-18(22)11-9-17;/h3-11,19-20H,12-15H2,1-2H3;1H/q+1;/p-1. The number of likely N-dealkylation sites (tertiary alicyclic amines) is 1. The summed E-state index contributed by atoms with van der Waals surface area (Å²) < 4.78 is 6.90. The third-order valence-electron chi connectivity index (χ3n) is 4.97. The zero-order valence-electron chi connectivity index (χ0n) is 15.2. The summed E-state index contributed by atoms with van der Waals surface area (Å²) >= 11 is 6.01. The molecule has 0 saturated carbocycles. The van der Waals surface area contributed by atoms with E-state index in [2.05, 4.69) is 14.1 Å². The van der Waals surface area contributed by atoms with Crippen LogP contribution >= 0.6 is 11.6 Å². The number of carbonyl (C=O) groups excluding carboxylic acids is 1. The van der Waals surface area contributed by atoms with Crippen molar-refractivity contribution < 1.29 is 38.0 Å². The van der Waals surface area contributed by atoms with Crippen molar-refractivity contribution in [2.24, 2.45) is 0 Å². The number of hydrogen-bond acceptors (Lipinski definition) is 2. The first-order valence-corrected chi connectivity index (χ1v) is 9.15. The van der Waals surface area contributed by atoms with Gasteiger partial charge in [0, 0.05) is 17.9 Å². The second kappa shape index (κ2) is 9.20. The Morgan fingerprint density at radius 1 is 1.00 bits per heavy atom. The molecule has 0 amide bonds. The van der Waals surface area contributed by atoms with Crippen molar-refractivity contribution in [3.63, 3.8) is 0 Å². The maximum atomic E-state index is 13.0. The van der Waals surface area contributed by atoms with Crippen molar-refractivity contribution in [3.05, 3.63) is 70.7 Å². The lowest BCUT2D eigenvalue weighted by molar-refractivity contribution is -0.896. The summed E-state index contributed by atoms with van der Waals surface area (Å²) in [4.78, 5) is 13.0. The van der Waals surface area contributed by atoms with E-state index in [1.54, 1.807) is 0 Å². The van der Waals surface area contributed by atoms with Crippen molar-refractivity contribution in [1.82, 2.24) is 0 Å². The molecule has 2 aromatic carbocycles. The van der Waals surface area contributed by atoms with E-state index in [1.807, 2.05) is 54.6 Å². The zero-order valence-corrected chi connectivity index (χ0v) is 18.1. The molecule has 1 aliphatic rings. The number of nitrogens with zero attached hydrogens (tertiary/aromatic N) is 1. The molecule has 0 radical (unpaired) electrons. The van der Waals surface area contributed by atoms with Crippen LogP contribution in [-0.2, 0) is 9.53 Å². The normalized spacial score (nSPS) is 17.8. The Labute approximate surface area is 177 Å². The van der Waals surface area contributed by atoms with Crippen molar-refractivity contribution >= 4 is 17.6 Å². The van der Waals surface area contributed by atoms with Gasteiger partial charge in [-0.2, -0.15) is 0 Å². The molecule has 1 aliphatic heterocycles. The summed E-state index contributed by atoms with van der Waals surface area (Å²) in [7, 11) is 4.44. The van der Waals surface area contributed by atoms with Crippen LogP contribution in [0.4, 0.5) is 0 Å². The van der Waals surface area contributed by atoms with E-state index < -0.39 is 5.92 Å². The van der Waals surface area contributed by atoms with Gasteiger partial charge in [0.05, 0.1) is 27.2 Å². The number of carbonyl (C=O) groups is 1. The van der Waals surface area contributed by atoms with E-state index in [4.69, 9.17) is 16.3 Å². The molecular weight excluding hydrogens is 461 g/mol. The van der Waals surface area contributed by atoms with Crippen LogP contribution in [0.3, 0.4) is 0 Å². The largest absolute Gasteiger partial charge is 1.00 e. The van der Waals surface area contributed by atoms with Gasteiger partial charge in [0.25, 0.3) is 0 Å². The minimum absolute atomic E-state index is 0. The van der Waals surface area contributed by atoms with E-state index in [0.29, 0.717) is 5.02 Å². The van der Waals surface area contributed by atoms with E-state index in [0.717, 1.165) is 41.5 Å². The number of quaternary nitrogens is 1. The maximum Gasteiger partial charge on any atom is 0.318 e. The van der Waals surface area contributed by atoms with E-state index in [1.165, 1.54) is 0 Å². The van der Waals surface area contributed by atoms with E-state index in [-0.39, 0.29) is 36.0 Å². The molecule has 0 N–H and O–H groups in total. The minimum Gasteiger partial charge on any atom is -1.00 e. The second-order valence-electron chi connectivity index (χ2n) is 7.41. The van der Waals surface area contributed by atoms with Crippen LogP contribution in [0.25, 0.3) is 0 Å². The van der Waals surface area contributed by atoms with Gasteiger partial charge in [-0.3, -0.25) is 4.79 Å². The monoisotopic (exact) mass is 485 g/mol. The topological polar surface area (TPSA) is 26.3 Å². The molecule has 0 bridgehead atoms. The van der Waals surface area contributed by atoms with Gasteiger partial charge < -0.3 is 33.2 Å². The molecular formula is C21H25ClINO2. The Bertz CT molecular complexity index is 709. The molecule has 140 valence electrons. The van der Waals surface area contributed by atoms with Crippen molar-refractivity contribution in [2.45, 2.75) is 24.9 Å². The molecule has 0 spiro atoms. The number of piperidine rings is 1. The van der Waals surface area contributed by atoms with Crippen LogP contribution in [0.1, 0.15) is 29.9 Å². The molecule has 26 heavy (non-hydrogen) atoms. The predicted octanol–water partition coefficient (Wildman–Crippen LogP) is 1.26. The molecule has 3 rings (SSSR count). The molecule has 5 heteroatoms. The van der Waals surface area contributed by atoms with Gasteiger partial charge in [0.15, 0.2) is 0 Å². The van der Waals surface area contributed by atoms with Crippen molar-refractivity contribution in [2.75, 3.05) is 27.2 Å². The van der Waals surface area contributed by atoms with Crippen LogP contribution in [0.15, 0.2) is 54.6 Å². The van der Waals surface area contributed by atoms with Gasteiger partial charge in [0.1, 0.15) is 12.0 Å². The van der Waals surface area contributed by atoms with Crippen LogP contribution in [-0.4, -0.2) is 43.7 Å². The highest BCUT2D eigenvalue weighted by Gasteiger charge is 2.31. The molecule has 1 saturated heterocycles. The van der Waals surface area contributed by atoms with Gasteiger partial charge in [-0.05, 0) is 23.3 Å². The highest BCUT2D eigenvalue weighted by molar-refractivity contribution is 6.30. The minimum atomic E-state index is -0.414. The van der Waals surface area contributed by atoms with Gasteiger partial charge in [-0.1, -0.05) is 54.1 Å². The number of esters is 1. The second-order valence-corrected chi connectivity index (χ2v) is 7.85. The summed E-state index contributed by atoms with van der Waals surface area (Å²) in [5.41, 5.74) is 1.86. The fourth-order valence-corrected chi connectivity index (χ4v) is 3.48. The number of rotatable bonds is 4. The van der Waals surface area contributed by atoms with Gasteiger partial charge in [-0.25, -0.2) is 0 Å². The first-order valence-electron chi connectivity index (χ1n) is 8.77. The molecule has 0 aliphatic carbocycles. The molecule has 2 aromatic rings. The van der Waals surface area contributed by atoms with Gasteiger partial charge in [0.2, 0.25) is 0 Å². The molecule has 0 aromatic heterocycles. The highest BCUT2D eigenvalue weighted by Crippen LogP contribution is 2.29. The molecule has 3 nitrogen and oxygen atoms in total. The Hall–Kier alpha value is -1.11. The number of ether oxygens (including phenoxy) is 1. The fourth-order valence-electron chi connectivity index (χ4n) is 3.36. The summed E-state index contributed by atoms with van der Waals surface area (Å²) in [5, 5.41) is 0.663. The first kappa shape index (κ1) is 21.2. The van der Waals surface area contributed by atoms with Crippen molar-refractivity contribution in [1.29, 1.82) is 0 Å². The third-order valence-corrected chi connectivity index (χ3v) is 5.22. The smallest absolute Gasteiger partial charge is 0.318 e. The Morgan fingerprint density at radius 2 is 1.54 bits per heavy atom. The average molecular weight is 486 g/mol. The molecule has 1 unspecified atom stereocenters. The fraction of sp³-hybridized carbons (Fsp3) is 0.381. The Morgan fingerprint density at radius 3 is 2.12 bits per heavy atom. The van der Waals surface area contributed by atoms with Crippen LogP contribution in [0, 0.1) is 0 Å². The number of benzene rings is 2. The van der Waals surface area contributed by atoms with Crippen LogP contribution < -0.4 is 24.0 Å². The van der Waals surface area contributed by atoms with Gasteiger partial charge in [-0.15, -0.1) is 0 Å². The molecule has 1 fully saturated rings. The van der Waals surface area contributed by atoms with Crippen LogP contribution in [0.5, 0.6) is 0 Å². The summed E-state index contributed by atoms with van der Waals surface area (Å²) in [6, 6.07) is 17.3. The quantitative estimate of drug-likeness (QED) is 0.370. The van der Waals surface area contributed by atoms with Crippen LogP contribution in [0.2, 0.25) is 5.02 Å². The molecule has 1 heterocycles. The number of halogens is 2. The lowest BCUT2D eigenvalue weighted by Crippen LogP contribution is -3.00. The maximum absolute atomic E-state index is 13.0. The molecule has 1 atom stereocenters. The summed E-state index contributed by atoms with van der Waals surface area (Å²) in [6.45, 7) is 2.07. The SMILES string of the molecule is C[N+]1(C)CCC(OC(=O)C(c2ccccc2)c2ccc(Cl)cc2)CC1.[I-]. The average Bonchev–Trinajstić information content (AvgIpc) is 2.60. The van der Waals surface area contributed by atoms with Crippen molar-refractivity contribution in [3.8, 4) is 0 Å². The lowest BCUT2D eigenvalue weighted by atomic mass is 9.91. The lowest BCUT2D eigenvalue weighted by Gasteiger charge is -2.37. The summed E-state index contributed by atoms with van der Waals surface area (Å²) in [5.74, 6) is -0.589. The first-order chi connectivity index (χ1) is 11.9. The van der Waals surface area contributed by atoms with E-state index >= 15 is 0 Å². The van der Waals surface area contributed by atoms with E-state index in [9.17, 15) is 4.79 Å². The predicted molar refractivity (Wildman–Crippen MR) is 101 cm³/mol. The third kappa shape index (κ3) is 5.44.